The number of piperazine rings is 1. The molecule has 1 aromatic carbocycles. The Morgan fingerprint density at radius 1 is 1.12 bits per heavy atom. The van der Waals surface area contributed by atoms with Crippen LogP contribution in [0.3, 0.4) is 0 Å². The number of benzene rings is 1. The molecular formula is C16H23Cl3F2N2O. The summed E-state index contributed by atoms with van der Waals surface area (Å²) in [6, 6.07) is 2.29. The standard InChI is InChI=1S/C16H21ClF2N2O.2ClH/c17-12-1-2-13(18)14(15(12)19)16(11-3-9-22-10-4-11)21-7-5-20-6-8-21;;/h1-2,11,16,20H,3-10H2;2*1H/t16-;;/m0../s1. The molecule has 0 unspecified atom stereocenters. The highest BCUT2D eigenvalue weighted by Gasteiger charge is 2.35. The molecule has 3 rings (SSSR count). The monoisotopic (exact) mass is 402 g/mol. The first-order chi connectivity index (χ1) is 10.7. The first-order valence-electron chi connectivity index (χ1n) is 7.84. The van der Waals surface area contributed by atoms with Crippen LogP contribution >= 0.6 is 36.4 Å². The van der Waals surface area contributed by atoms with Gasteiger partial charge >= 0.3 is 0 Å². The maximum atomic E-state index is 14.6. The fourth-order valence-corrected chi connectivity index (χ4v) is 3.69. The van der Waals surface area contributed by atoms with E-state index in [1.165, 1.54) is 12.1 Å². The second-order valence-electron chi connectivity index (χ2n) is 5.94. The third kappa shape index (κ3) is 4.71. The van der Waals surface area contributed by atoms with Gasteiger partial charge in [-0.25, -0.2) is 8.78 Å². The molecule has 1 N–H and O–H groups in total. The Bertz CT molecular complexity index is 506. The van der Waals surface area contributed by atoms with Gasteiger partial charge in [-0.1, -0.05) is 11.6 Å². The lowest BCUT2D eigenvalue weighted by Crippen LogP contribution is -2.48. The molecule has 2 heterocycles. The van der Waals surface area contributed by atoms with Crippen LogP contribution < -0.4 is 5.32 Å². The van der Waals surface area contributed by atoms with E-state index >= 15 is 0 Å². The average molecular weight is 404 g/mol. The molecule has 1 atom stereocenters. The summed E-state index contributed by atoms with van der Waals surface area (Å²) in [5.74, 6) is -0.928. The fourth-order valence-electron chi connectivity index (χ4n) is 3.52. The minimum atomic E-state index is -0.614. The number of rotatable bonds is 3. The molecule has 24 heavy (non-hydrogen) atoms. The van der Waals surface area contributed by atoms with E-state index < -0.39 is 11.6 Å². The van der Waals surface area contributed by atoms with Crippen LogP contribution in [0.5, 0.6) is 0 Å². The smallest absolute Gasteiger partial charge is 0.149 e. The minimum absolute atomic E-state index is 0. The highest BCUT2D eigenvalue weighted by molar-refractivity contribution is 6.30. The Kier molecular flexibility index (Phi) is 9.20. The summed E-state index contributed by atoms with van der Waals surface area (Å²) in [5.41, 5.74) is 0.126. The van der Waals surface area contributed by atoms with E-state index in [9.17, 15) is 8.78 Å². The van der Waals surface area contributed by atoms with Crippen molar-refractivity contribution in [2.75, 3.05) is 39.4 Å². The van der Waals surface area contributed by atoms with Crippen molar-refractivity contribution in [1.82, 2.24) is 10.2 Å². The molecule has 2 aliphatic rings. The molecule has 0 aromatic heterocycles. The van der Waals surface area contributed by atoms with Gasteiger partial charge in [0.25, 0.3) is 0 Å². The van der Waals surface area contributed by atoms with Gasteiger partial charge in [0.15, 0.2) is 0 Å². The van der Waals surface area contributed by atoms with Crippen molar-refractivity contribution in [3.8, 4) is 0 Å². The SMILES string of the molecule is Cl.Cl.Fc1ccc(Cl)c(F)c1[C@H](C1CCOCC1)N1CCNCC1. The van der Waals surface area contributed by atoms with Crippen LogP contribution in [0, 0.1) is 17.6 Å². The van der Waals surface area contributed by atoms with Crippen LogP contribution in [0.4, 0.5) is 8.78 Å². The van der Waals surface area contributed by atoms with Crippen molar-refractivity contribution in [2.45, 2.75) is 18.9 Å². The normalized spacial score (nSPS) is 20.8. The van der Waals surface area contributed by atoms with Gasteiger partial charge in [-0.3, -0.25) is 4.90 Å². The molecule has 0 saturated carbocycles. The van der Waals surface area contributed by atoms with Crippen molar-refractivity contribution < 1.29 is 13.5 Å². The van der Waals surface area contributed by atoms with Crippen molar-refractivity contribution in [3.05, 3.63) is 34.4 Å². The Morgan fingerprint density at radius 2 is 1.75 bits per heavy atom. The lowest BCUT2D eigenvalue weighted by atomic mass is 9.85. The van der Waals surface area contributed by atoms with Gasteiger partial charge < -0.3 is 10.1 Å². The summed E-state index contributed by atoms with van der Waals surface area (Å²) in [7, 11) is 0. The second kappa shape index (κ2) is 10.1. The lowest BCUT2D eigenvalue weighted by molar-refractivity contribution is 0.0192. The summed E-state index contributed by atoms with van der Waals surface area (Å²) in [6.45, 7) is 4.54. The van der Waals surface area contributed by atoms with Crippen LogP contribution in [-0.2, 0) is 4.74 Å². The minimum Gasteiger partial charge on any atom is -0.381 e. The highest BCUT2D eigenvalue weighted by atomic mass is 35.5. The Balaban J connectivity index is 0.00000144. The molecule has 8 heteroatoms. The molecule has 0 spiro atoms. The van der Waals surface area contributed by atoms with E-state index in [2.05, 4.69) is 10.2 Å². The first kappa shape index (κ1) is 21.9. The maximum absolute atomic E-state index is 14.6. The maximum Gasteiger partial charge on any atom is 0.149 e. The van der Waals surface area contributed by atoms with Gasteiger partial charge in [-0.2, -0.15) is 0 Å². The van der Waals surface area contributed by atoms with Crippen molar-refractivity contribution in [3.63, 3.8) is 0 Å². The van der Waals surface area contributed by atoms with Gasteiger partial charge in [0.05, 0.1) is 5.02 Å². The summed E-state index contributed by atoms with van der Waals surface area (Å²) in [4.78, 5) is 2.18. The van der Waals surface area contributed by atoms with Crippen molar-refractivity contribution >= 4 is 36.4 Å². The molecule has 1 aromatic rings. The molecule has 0 aliphatic carbocycles. The van der Waals surface area contributed by atoms with Crippen molar-refractivity contribution in [2.24, 2.45) is 5.92 Å². The van der Waals surface area contributed by atoms with Crippen LogP contribution in [0.15, 0.2) is 12.1 Å². The molecule has 2 aliphatic heterocycles. The number of nitrogens with zero attached hydrogens (tertiary/aromatic N) is 1. The largest absolute Gasteiger partial charge is 0.381 e. The van der Waals surface area contributed by atoms with E-state index in [0.717, 1.165) is 39.0 Å². The highest BCUT2D eigenvalue weighted by Crippen LogP contribution is 2.39. The number of ether oxygens (including phenoxy) is 1. The van der Waals surface area contributed by atoms with Gasteiger partial charge in [-0.05, 0) is 30.9 Å². The van der Waals surface area contributed by atoms with Gasteiger partial charge in [0.1, 0.15) is 11.6 Å². The third-order valence-electron chi connectivity index (χ3n) is 4.63. The fraction of sp³-hybridized carbons (Fsp3) is 0.625. The molecule has 2 saturated heterocycles. The number of halogens is 5. The zero-order valence-electron chi connectivity index (χ0n) is 13.3. The summed E-state index contributed by atoms with van der Waals surface area (Å²) in [5, 5.41) is 3.27. The third-order valence-corrected chi connectivity index (χ3v) is 4.92. The Hall–Kier alpha value is -0.170. The number of hydrogen-bond donors (Lipinski definition) is 1. The number of hydrogen-bond acceptors (Lipinski definition) is 3. The molecule has 0 radical (unpaired) electrons. The summed E-state index contributed by atoms with van der Waals surface area (Å²) in [6.07, 6.45) is 1.64. The van der Waals surface area contributed by atoms with Crippen LogP contribution in [0.1, 0.15) is 24.4 Å². The number of nitrogens with one attached hydrogen (secondary N) is 1. The van der Waals surface area contributed by atoms with E-state index in [1.54, 1.807) is 0 Å². The molecule has 3 nitrogen and oxygen atoms in total. The lowest BCUT2D eigenvalue weighted by Gasteiger charge is -2.41. The van der Waals surface area contributed by atoms with Gasteiger partial charge in [-0.15, -0.1) is 24.8 Å². The Morgan fingerprint density at radius 3 is 2.38 bits per heavy atom. The zero-order chi connectivity index (χ0) is 15.5. The van der Waals surface area contributed by atoms with E-state index in [1.807, 2.05) is 0 Å². The van der Waals surface area contributed by atoms with E-state index in [4.69, 9.17) is 16.3 Å². The van der Waals surface area contributed by atoms with E-state index in [-0.39, 0.29) is 47.4 Å². The van der Waals surface area contributed by atoms with Gasteiger partial charge in [0, 0.05) is 51.0 Å². The summed E-state index contributed by atoms with van der Waals surface area (Å²) < 4.78 is 34.4. The predicted molar refractivity (Wildman–Crippen MR) is 96.6 cm³/mol. The predicted octanol–water partition coefficient (Wildman–Crippen LogP) is 3.83. The topological polar surface area (TPSA) is 24.5 Å². The summed E-state index contributed by atoms with van der Waals surface area (Å²) >= 11 is 5.91. The quantitative estimate of drug-likeness (QED) is 0.776. The second-order valence-corrected chi connectivity index (χ2v) is 6.34. The van der Waals surface area contributed by atoms with Gasteiger partial charge in [0.2, 0.25) is 0 Å². The first-order valence-corrected chi connectivity index (χ1v) is 8.22. The van der Waals surface area contributed by atoms with Crippen LogP contribution in [-0.4, -0.2) is 44.3 Å². The van der Waals surface area contributed by atoms with Crippen LogP contribution in [0.25, 0.3) is 0 Å². The molecule has 0 bridgehead atoms. The molecule has 138 valence electrons. The zero-order valence-corrected chi connectivity index (χ0v) is 15.7. The van der Waals surface area contributed by atoms with Crippen molar-refractivity contribution in [1.29, 1.82) is 0 Å². The van der Waals surface area contributed by atoms with E-state index in [0.29, 0.717) is 13.2 Å². The molecular weight excluding hydrogens is 381 g/mol. The molecule has 2 fully saturated rings. The Labute approximate surface area is 158 Å². The van der Waals surface area contributed by atoms with Crippen LogP contribution in [0.2, 0.25) is 5.02 Å². The molecule has 0 amide bonds. The average Bonchev–Trinajstić information content (AvgIpc) is 2.57.